The molecule has 1 amide bonds. The lowest BCUT2D eigenvalue weighted by Gasteiger charge is -2.07. The van der Waals surface area contributed by atoms with Gasteiger partial charge >= 0.3 is 0 Å². The molecule has 0 saturated heterocycles. The van der Waals surface area contributed by atoms with Gasteiger partial charge in [-0.2, -0.15) is 0 Å². The highest BCUT2D eigenvalue weighted by Crippen LogP contribution is 2.23. The number of rotatable bonds is 7. The fraction of sp³-hybridized carbons (Fsp3) is 0.200. The predicted molar refractivity (Wildman–Crippen MR) is 101 cm³/mol. The first-order valence-corrected chi connectivity index (χ1v) is 9.05. The standard InChI is InChI=1S/C20H20N2O2S/c1-15-6-5-9-18(12-15)24-11-10-21-19(23)13-17-14-25-20(22-17)16-7-3-2-4-8-16/h2-9,12,14H,10-11,13H2,1H3,(H,21,23). The summed E-state index contributed by atoms with van der Waals surface area (Å²) in [6.07, 6.45) is 0.285. The molecule has 2 aromatic carbocycles. The Balaban J connectivity index is 1.43. The SMILES string of the molecule is Cc1cccc(OCCNC(=O)Cc2csc(-c3ccccc3)n2)c1. The van der Waals surface area contributed by atoms with E-state index in [1.54, 1.807) is 11.3 Å². The monoisotopic (exact) mass is 352 g/mol. The van der Waals surface area contributed by atoms with Crippen LogP contribution < -0.4 is 10.1 Å². The van der Waals surface area contributed by atoms with Gasteiger partial charge in [-0.05, 0) is 24.6 Å². The maximum absolute atomic E-state index is 12.0. The summed E-state index contributed by atoms with van der Waals surface area (Å²) in [6, 6.07) is 17.8. The third-order valence-corrected chi connectivity index (χ3v) is 4.54. The van der Waals surface area contributed by atoms with Gasteiger partial charge in [0.2, 0.25) is 5.91 Å². The molecular formula is C20H20N2O2S. The van der Waals surface area contributed by atoms with E-state index in [0.717, 1.165) is 27.6 Å². The molecule has 0 bridgehead atoms. The molecule has 1 aromatic heterocycles. The minimum atomic E-state index is -0.0437. The third-order valence-electron chi connectivity index (χ3n) is 3.60. The average molecular weight is 352 g/mol. The Kier molecular flexibility index (Phi) is 5.80. The molecule has 0 spiro atoms. The fourth-order valence-electron chi connectivity index (χ4n) is 2.39. The molecule has 0 aliphatic rings. The van der Waals surface area contributed by atoms with Gasteiger partial charge in [0.15, 0.2) is 0 Å². The largest absolute Gasteiger partial charge is 0.492 e. The maximum Gasteiger partial charge on any atom is 0.226 e. The molecule has 3 aromatic rings. The molecule has 0 fully saturated rings. The molecule has 4 nitrogen and oxygen atoms in total. The molecular weight excluding hydrogens is 332 g/mol. The van der Waals surface area contributed by atoms with Crippen LogP contribution in [0.3, 0.4) is 0 Å². The molecule has 0 aliphatic heterocycles. The van der Waals surface area contributed by atoms with Crippen LogP contribution in [-0.4, -0.2) is 24.0 Å². The number of nitrogens with one attached hydrogen (secondary N) is 1. The Morgan fingerprint density at radius 3 is 2.80 bits per heavy atom. The lowest BCUT2D eigenvalue weighted by atomic mass is 10.2. The second-order valence-corrected chi connectivity index (χ2v) is 6.56. The normalized spacial score (nSPS) is 10.4. The van der Waals surface area contributed by atoms with Crippen LogP contribution in [0.5, 0.6) is 5.75 Å². The number of benzene rings is 2. The number of aromatic nitrogens is 1. The molecule has 3 rings (SSSR count). The van der Waals surface area contributed by atoms with Crippen LogP contribution >= 0.6 is 11.3 Å². The van der Waals surface area contributed by atoms with E-state index in [0.29, 0.717) is 13.2 Å². The van der Waals surface area contributed by atoms with Crippen molar-refractivity contribution >= 4 is 17.2 Å². The quantitative estimate of drug-likeness (QED) is 0.657. The molecule has 1 N–H and O–H groups in total. The first kappa shape index (κ1) is 17.2. The van der Waals surface area contributed by atoms with Gasteiger partial charge in [0.1, 0.15) is 17.4 Å². The number of carbonyl (C=O) groups is 1. The van der Waals surface area contributed by atoms with E-state index < -0.39 is 0 Å². The number of amides is 1. The van der Waals surface area contributed by atoms with Crippen molar-refractivity contribution in [1.82, 2.24) is 10.3 Å². The average Bonchev–Trinajstić information content (AvgIpc) is 3.08. The van der Waals surface area contributed by atoms with Gasteiger partial charge in [-0.25, -0.2) is 4.98 Å². The summed E-state index contributed by atoms with van der Waals surface area (Å²) in [5.74, 6) is 0.777. The van der Waals surface area contributed by atoms with E-state index in [9.17, 15) is 4.79 Å². The zero-order valence-electron chi connectivity index (χ0n) is 14.1. The fourth-order valence-corrected chi connectivity index (χ4v) is 3.22. The summed E-state index contributed by atoms with van der Waals surface area (Å²) in [6.45, 7) is 2.94. The summed E-state index contributed by atoms with van der Waals surface area (Å²) in [7, 11) is 0. The van der Waals surface area contributed by atoms with Crippen molar-refractivity contribution in [2.45, 2.75) is 13.3 Å². The molecule has 128 valence electrons. The Labute approximate surface area is 151 Å². The maximum atomic E-state index is 12.0. The van der Waals surface area contributed by atoms with Gasteiger partial charge in [-0.3, -0.25) is 4.79 Å². The van der Waals surface area contributed by atoms with Gasteiger partial charge in [-0.1, -0.05) is 42.5 Å². The molecule has 0 saturated carbocycles. The summed E-state index contributed by atoms with van der Waals surface area (Å²) < 4.78 is 5.62. The summed E-state index contributed by atoms with van der Waals surface area (Å²) in [4.78, 5) is 16.6. The molecule has 25 heavy (non-hydrogen) atoms. The van der Waals surface area contributed by atoms with Crippen LogP contribution in [0.15, 0.2) is 60.0 Å². The van der Waals surface area contributed by atoms with Crippen molar-refractivity contribution in [2.24, 2.45) is 0 Å². The highest BCUT2D eigenvalue weighted by atomic mass is 32.1. The topological polar surface area (TPSA) is 51.2 Å². The zero-order valence-corrected chi connectivity index (χ0v) is 14.9. The number of aryl methyl sites for hydroxylation is 1. The smallest absolute Gasteiger partial charge is 0.226 e. The third kappa shape index (κ3) is 5.16. The number of hydrogen-bond acceptors (Lipinski definition) is 4. The van der Waals surface area contributed by atoms with Gasteiger partial charge in [-0.15, -0.1) is 11.3 Å². The number of carbonyl (C=O) groups excluding carboxylic acids is 1. The Hall–Kier alpha value is -2.66. The van der Waals surface area contributed by atoms with Gasteiger partial charge < -0.3 is 10.1 Å². The Morgan fingerprint density at radius 2 is 2.00 bits per heavy atom. The van der Waals surface area contributed by atoms with E-state index in [2.05, 4.69) is 10.3 Å². The second-order valence-electron chi connectivity index (χ2n) is 5.70. The van der Waals surface area contributed by atoms with E-state index in [1.807, 2.05) is 66.9 Å². The van der Waals surface area contributed by atoms with Crippen LogP contribution in [-0.2, 0) is 11.2 Å². The van der Waals surface area contributed by atoms with Crippen LogP contribution in [0.2, 0.25) is 0 Å². The van der Waals surface area contributed by atoms with Gasteiger partial charge in [0.05, 0.1) is 18.7 Å². The minimum absolute atomic E-state index is 0.0437. The van der Waals surface area contributed by atoms with Gasteiger partial charge in [0, 0.05) is 10.9 Å². The molecule has 0 radical (unpaired) electrons. The lowest BCUT2D eigenvalue weighted by molar-refractivity contribution is -0.120. The summed E-state index contributed by atoms with van der Waals surface area (Å²) >= 11 is 1.56. The summed E-state index contributed by atoms with van der Waals surface area (Å²) in [5.41, 5.74) is 3.02. The molecule has 0 atom stereocenters. The number of hydrogen-bond donors (Lipinski definition) is 1. The van der Waals surface area contributed by atoms with Crippen molar-refractivity contribution in [3.63, 3.8) is 0 Å². The number of ether oxygens (including phenoxy) is 1. The Morgan fingerprint density at radius 1 is 1.16 bits per heavy atom. The first-order valence-electron chi connectivity index (χ1n) is 8.17. The second kappa shape index (κ2) is 8.44. The van der Waals surface area contributed by atoms with E-state index in [-0.39, 0.29) is 12.3 Å². The lowest BCUT2D eigenvalue weighted by Crippen LogP contribution is -2.29. The van der Waals surface area contributed by atoms with Crippen LogP contribution in [0.4, 0.5) is 0 Å². The number of nitrogens with zero attached hydrogens (tertiary/aromatic N) is 1. The van der Waals surface area contributed by atoms with Crippen molar-refractivity contribution in [3.05, 3.63) is 71.2 Å². The first-order chi connectivity index (χ1) is 12.2. The van der Waals surface area contributed by atoms with E-state index in [1.165, 1.54) is 0 Å². The Bertz CT molecular complexity index is 830. The molecule has 5 heteroatoms. The van der Waals surface area contributed by atoms with Crippen molar-refractivity contribution in [2.75, 3.05) is 13.2 Å². The van der Waals surface area contributed by atoms with Crippen LogP contribution in [0, 0.1) is 6.92 Å². The van der Waals surface area contributed by atoms with Crippen molar-refractivity contribution in [3.8, 4) is 16.3 Å². The van der Waals surface area contributed by atoms with E-state index in [4.69, 9.17) is 4.74 Å². The number of thiazole rings is 1. The highest BCUT2D eigenvalue weighted by molar-refractivity contribution is 7.13. The predicted octanol–water partition coefficient (Wildman–Crippen LogP) is 3.86. The molecule has 1 heterocycles. The highest BCUT2D eigenvalue weighted by Gasteiger charge is 2.08. The molecule has 0 unspecified atom stereocenters. The van der Waals surface area contributed by atoms with E-state index >= 15 is 0 Å². The van der Waals surface area contributed by atoms with Crippen LogP contribution in [0.25, 0.3) is 10.6 Å². The van der Waals surface area contributed by atoms with Crippen molar-refractivity contribution in [1.29, 1.82) is 0 Å². The molecule has 0 aliphatic carbocycles. The summed E-state index contributed by atoms with van der Waals surface area (Å²) in [5, 5.41) is 5.74. The van der Waals surface area contributed by atoms with Crippen molar-refractivity contribution < 1.29 is 9.53 Å². The van der Waals surface area contributed by atoms with Gasteiger partial charge in [0.25, 0.3) is 0 Å². The minimum Gasteiger partial charge on any atom is -0.492 e. The zero-order chi connectivity index (χ0) is 17.5. The van der Waals surface area contributed by atoms with Crippen LogP contribution in [0.1, 0.15) is 11.3 Å².